The number of carbonyl (C=O) groups excluding carboxylic acids is 1. The molecule has 1 amide bonds. The molecule has 1 aromatic heterocycles. The number of para-hydroxylation sites is 2. The van der Waals surface area contributed by atoms with Crippen LogP contribution in [-0.2, 0) is 0 Å². The highest BCUT2D eigenvalue weighted by Gasteiger charge is 2.19. The summed E-state index contributed by atoms with van der Waals surface area (Å²) in [6.07, 6.45) is 3.25. The lowest BCUT2D eigenvalue weighted by Crippen LogP contribution is -2.46. The maximum absolute atomic E-state index is 12.6. The number of amides is 1. The Balaban J connectivity index is 1.39. The van der Waals surface area contributed by atoms with Gasteiger partial charge in [-0.1, -0.05) is 36.4 Å². The van der Waals surface area contributed by atoms with Crippen molar-refractivity contribution in [1.82, 2.24) is 9.97 Å². The summed E-state index contributed by atoms with van der Waals surface area (Å²) in [5, 5.41) is 2.96. The number of carbonyl (C=O) groups is 1. The maximum atomic E-state index is 12.6. The topological polar surface area (TPSA) is 61.4 Å². The first-order valence-corrected chi connectivity index (χ1v) is 9.86. The van der Waals surface area contributed by atoms with Crippen molar-refractivity contribution >= 4 is 23.1 Å². The van der Waals surface area contributed by atoms with Gasteiger partial charge in [-0.2, -0.15) is 0 Å². The molecule has 2 heterocycles. The van der Waals surface area contributed by atoms with Crippen molar-refractivity contribution in [3.63, 3.8) is 0 Å². The third-order valence-corrected chi connectivity index (χ3v) is 5.32. The summed E-state index contributed by atoms with van der Waals surface area (Å²) >= 11 is 0. The lowest BCUT2D eigenvalue weighted by molar-refractivity contribution is 0.102. The number of nitrogens with zero attached hydrogens (tertiary/aromatic N) is 4. The minimum Gasteiger partial charge on any atom is -0.368 e. The van der Waals surface area contributed by atoms with Crippen LogP contribution in [0.3, 0.4) is 0 Å². The minimum atomic E-state index is -0.240. The molecule has 6 heteroatoms. The first-order chi connectivity index (χ1) is 14.1. The molecule has 0 radical (unpaired) electrons. The number of rotatable bonds is 4. The lowest BCUT2D eigenvalue weighted by Gasteiger charge is -2.36. The van der Waals surface area contributed by atoms with Gasteiger partial charge in [0.2, 0.25) is 0 Å². The molecule has 1 saturated heterocycles. The molecule has 6 nitrogen and oxygen atoms in total. The first kappa shape index (κ1) is 18.9. The molecule has 0 spiro atoms. The van der Waals surface area contributed by atoms with Gasteiger partial charge in [0.05, 0.1) is 12.4 Å². The standard InChI is InChI=1S/C23H25N5O/c1-17-7-6-8-18(2)22(17)26-23(29)20-15-25-21(16-24-20)28-13-11-27(12-14-28)19-9-4-3-5-10-19/h3-10,15-16H,11-14H2,1-2H3,(H,26,29). The van der Waals surface area contributed by atoms with Crippen molar-refractivity contribution < 1.29 is 4.79 Å². The van der Waals surface area contributed by atoms with Crippen LogP contribution in [0.1, 0.15) is 21.6 Å². The first-order valence-electron chi connectivity index (χ1n) is 9.86. The van der Waals surface area contributed by atoms with E-state index in [0.717, 1.165) is 48.8 Å². The predicted octanol–water partition coefficient (Wildman–Crippen LogP) is 3.67. The number of benzene rings is 2. The second kappa shape index (κ2) is 8.31. The van der Waals surface area contributed by atoms with E-state index in [1.807, 2.05) is 38.1 Å². The van der Waals surface area contributed by atoms with E-state index in [0.29, 0.717) is 5.69 Å². The zero-order valence-corrected chi connectivity index (χ0v) is 16.8. The van der Waals surface area contributed by atoms with Gasteiger partial charge in [0.25, 0.3) is 5.91 Å². The van der Waals surface area contributed by atoms with Gasteiger partial charge in [-0.25, -0.2) is 9.97 Å². The van der Waals surface area contributed by atoms with E-state index in [1.54, 1.807) is 12.4 Å². The Kier molecular flexibility index (Phi) is 5.42. The molecule has 1 fully saturated rings. The molecule has 0 saturated carbocycles. The molecular formula is C23H25N5O. The van der Waals surface area contributed by atoms with Gasteiger partial charge in [-0.05, 0) is 37.1 Å². The average Bonchev–Trinajstić information content (AvgIpc) is 2.77. The Morgan fingerprint density at radius 2 is 1.48 bits per heavy atom. The van der Waals surface area contributed by atoms with E-state index < -0.39 is 0 Å². The lowest BCUT2D eigenvalue weighted by atomic mass is 10.1. The second-order valence-electron chi connectivity index (χ2n) is 7.29. The molecule has 3 aromatic rings. The molecule has 0 atom stereocenters. The molecule has 1 aliphatic heterocycles. The number of aromatic nitrogens is 2. The number of anilines is 3. The summed E-state index contributed by atoms with van der Waals surface area (Å²) in [5.41, 5.74) is 4.45. The van der Waals surface area contributed by atoms with Crippen LogP contribution >= 0.6 is 0 Å². The van der Waals surface area contributed by atoms with Gasteiger partial charge in [0.15, 0.2) is 0 Å². The Morgan fingerprint density at radius 3 is 2.10 bits per heavy atom. The maximum Gasteiger partial charge on any atom is 0.275 e. The van der Waals surface area contributed by atoms with Crippen LogP contribution in [0.2, 0.25) is 0 Å². The van der Waals surface area contributed by atoms with Crippen molar-refractivity contribution in [2.75, 3.05) is 41.3 Å². The Labute approximate surface area is 171 Å². The van der Waals surface area contributed by atoms with Crippen LogP contribution < -0.4 is 15.1 Å². The van der Waals surface area contributed by atoms with E-state index in [9.17, 15) is 4.79 Å². The highest BCUT2D eigenvalue weighted by molar-refractivity contribution is 6.03. The van der Waals surface area contributed by atoms with Gasteiger partial charge in [-0.15, -0.1) is 0 Å². The number of hydrogen-bond donors (Lipinski definition) is 1. The molecule has 0 aliphatic carbocycles. The molecule has 4 rings (SSSR count). The van der Waals surface area contributed by atoms with Gasteiger partial charge in [0.1, 0.15) is 11.5 Å². The summed E-state index contributed by atoms with van der Waals surface area (Å²) in [5.74, 6) is 0.566. The highest BCUT2D eigenvalue weighted by atomic mass is 16.1. The fraction of sp³-hybridized carbons (Fsp3) is 0.261. The van der Waals surface area contributed by atoms with Crippen LogP contribution in [-0.4, -0.2) is 42.1 Å². The van der Waals surface area contributed by atoms with Gasteiger partial charge in [0, 0.05) is 37.6 Å². The molecular weight excluding hydrogens is 362 g/mol. The van der Waals surface area contributed by atoms with E-state index >= 15 is 0 Å². The number of piperazine rings is 1. The molecule has 29 heavy (non-hydrogen) atoms. The van der Waals surface area contributed by atoms with Crippen LogP contribution in [0, 0.1) is 13.8 Å². The van der Waals surface area contributed by atoms with Crippen molar-refractivity contribution in [3.8, 4) is 0 Å². The van der Waals surface area contributed by atoms with Gasteiger partial charge < -0.3 is 15.1 Å². The number of nitrogens with one attached hydrogen (secondary N) is 1. The molecule has 148 valence electrons. The SMILES string of the molecule is Cc1cccc(C)c1NC(=O)c1cnc(N2CCN(c3ccccc3)CC2)cn1. The quantitative estimate of drug-likeness (QED) is 0.740. The summed E-state index contributed by atoms with van der Waals surface area (Å²) in [7, 11) is 0. The average molecular weight is 387 g/mol. The van der Waals surface area contributed by atoms with E-state index in [1.165, 1.54) is 5.69 Å². The third-order valence-electron chi connectivity index (χ3n) is 5.32. The third kappa shape index (κ3) is 4.21. The largest absolute Gasteiger partial charge is 0.368 e. The second-order valence-corrected chi connectivity index (χ2v) is 7.29. The number of aryl methyl sites for hydroxylation is 2. The smallest absolute Gasteiger partial charge is 0.275 e. The van der Waals surface area contributed by atoms with Crippen molar-refractivity contribution in [3.05, 3.63) is 77.7 Å². The highest BCUT2D eigenvalue weighted by Crippen LogP contribution is 2.21. The molecule has 1 aliphatic rings. The number of hydrogen-bond acceptors (Lipinski definition) is 5. The monoisotopic (exact) mass is 387 g/mol. The van der Waals surface area contributed by atoms with Crippen molar-refractivity contribution in [2.45, 2.75) is 13.8 Å². The van der Waals surface area contributed by atoms with Crippen molar-refractivity contribution in [2.24, 2.45) is 0 Å². The van der Waals surface area contributed by atoms with E-state index in [2.05, 4.69) is 49.4 Å². The Morgan fingerprint density at radius 1 is 0.828 bits per heavy atom. The Hall–Kier alpha value is -3.41. The zero-order valence-electron chi connectivity index (χ0n) is 16.8. The van der Waals surface area contributed by atoms with Crippen LogP contribution in [0.5, 0.6) is 0 Å². The van der Waals surface area contributed by atoms with Crippen LogP contribution in [0.15, 0.2) is 60.9 Å². The molecule has 2 aromatic carbocycles. The minimum absolute atomic E-state index is 0.240. The van der Waals surface area contributed by atoms with E-state index in [-0.39, 0.29) is 5.91 Å². The predicted molar refractivity (Wildman–Crippen MR) is 117 cm³/mol. The fourth-order valence-corrected chi connectivity index (χ4v) is 3.62. The van der Waals surface area contributed by atoms with Crippen LogP contribution in [0.4, 0.5) is 17.2 Å². The summed E-state index contributed by atoms with van der Waals surface area (Å²) in [4.78, 5) is 26.0. The molecule has 0 unspecified atom stereocenters. The van der Waals surface area contributed by atoms with E-state index in [4.69, 9.17) is 0 Å². The summed E-state index contributed by atoms with van der Waals surface area (Å²) in [6, 6.07) is 16.4. The summed E-state index contributed by atoms with van der Waals surface area (Å²) < 4.78 is 0. The van der Waals surface area contributed by atoms with Crippen molar-refractivity contribution in [1.29, 1.82) is 0 Å². The summed E-state index contributed by atoms with van der Waals surface area (Å²) in [6.45, 7) is 7.56. The van der Waals surface area contributed by atoms with Crippen LogP contribution in [0.25, 0.3) is 0 Å². The molecule has 0 bridgehead atoms. The van der Waals surface area contributed by atoms with Gasteiger partial charge >= 0.3 is 0 Å². The van der Waals surface area contributed by atoms with Gasteiger partial charge in [-0.3, -0.25) is 4.79 Å². The fourth-order valence-electron chi connectivity index (χ4n) is 3.62. The molecule has 1 N–H and O–H groups in total. The normalized spacial score (nSPS) is 14.0. The zero-order chi connectivity index (χ0) is 20.2. The Bertz CT molecular complexity index is 960.